The molecule has 2 aliphatic carbocycles. The minimum absolute atomic E-state index is 0.139. The Morgan fingerprint density at radius 2 is 1.80 bits per heavy atom. The number of nitrogens with zero attached hydrogens (tertiary/aromatic N) is 3. The molecule has 0 aromatic carbocycles. The average molecular weight is 365 g/mol. The van der Waals surface area contributed by atoms with Crippen molar-refractivity contribution in [3.05, 3.63) is 5.82 Å². The maximum atomic E-state index is 12.7. The molecule has 0 radical (unpaired) electrons. The molecule has 2 saturated carbocycles. The molecular formula is C19H32N4OS. The van der Waals surface area contributed by atoms with Gasteiger partial charge in [-0.25, -0.2) is 0 Å². The highest BCUT2D eigenvalue weighted by atomic mass is 32.2. The molecule has 1 N–H and O–H groups in total. The van der Waals surface area contributed by atoms with E-state index in [1.54, 1.807) is 11.8 Å². The van der Waals surface area contributed by atoms with E-state index in [9.17, 15) is 4.79 Å². The van der Waals surface area contributed by atoms with Crippen molar-refractivity contribution in [2.24, 2.45) is 5.92 Å². The molecule has 1 aromatic heterocycles. The Hall–Kier alpha value is -1.04. The molecule has 1 amide bonds. The third kappa shape index (κ3) is 4.57. The summed E-state index contributed by atoms with van der Waals surface area (Å²) in [5.41, 5.74) is 0. The summed E-state index contributed by atoms with van der Waals surface area (Å²) in [4.78, 5) is 12.7. The fourth-order valence-electron chi connectivity index (χ4n) is 4.23. The first-order valence-corrected chi connectivity index (χ1v) is 10.8. The van der Waals surface area contributed by atoms with E-state index in [-0.39, 0.29) is 11.2 Å². The lowest BCUT2D eigenvalue weighted by molar-refractivity contribution is -0.121. The van der Waals surface area contributed by atoms with Gasteiger partial charge in [-0.2, -0.15) is 0 Å². The summed E-state index contributed by atoms with van der Waals surface area (Å²) in [6.07, 6.45) is 11.2. The van der Waals surface area contributed by atoms with Gasteiger partial charge in [-0.1, -0.05) is 50.8 Å². The Kier molecular flexibility index (Phi) is 6.42. The van der Waals surface area contributed by atoms with Crippen molar-refractivity contribution in [1.82, 2.24) is 20.1 Å². The van der Waals surface area contributed by atoms with Gasteiger partial charge in [0, 0.05) is 12.1 Å². The maximum Gasteiger partial charge on any atom is 0.233 e. The number of carbonyl (C=O) groups is 1. The summed E-state index contributed by atoms with van der Waals surface area (Å²) in [7, 11) is 0. The molecular weight excluding hydrogens is 332 g/mol. The van der Waals surface area contributed by atoms with Gasteiger partial charge in [-0.15, -0.1) is 10.2 Å². The minimum Gasteiger partial charge on any atom is -0.352 e. The Labute approximate surface area is 155 Å². The van der Waals surface area contributed by atoms with Gasteiger partial charge in [0.2, 0.25) is 5.91 Å². The first-order valence-electron chi connectivity index (χ1n) is 9.94. The molecule has 3 atom stereocenters. The van der Waals surface area contributed by atoms with E-state index in [2.05, 4.69) is 27.0 Å². The average Bonchev–Trinajstić information content (AvgIpc) is 2.98. The monoisotopic (exact) mass is 364 g/mol. The molecule has 2 aliphatic rings. The molecule has 1 aromatic rings. The second-order valence-corrected chi connectivity index (χ2v) is 9.14. The van der Waals surface area contributed by atoms with Crippen molar-refractivity contribution in [3.8, 4) is 0 Å². The topological polar surface area (TPSA) is 59.8 Å². The normalized spacial score (nSPS) is 26.4. The Morgan fingerprint density at radius 3 is 2.52 bits per heavy atom. The summed E-state index contributed by atoms with van der Waals surface area (Å²) in [5.74, 6) is 1.70. The van der Waals surface area contributed by atoms with Gasteiger partial charge in [-0.05, 0) is 45.4 Å². The summed E-state index contributed by atoms with van der Waals surface area (Å²) >= 11 is 1.56. The first-order chi connectivity index (χ1) is 12.1. The molecule has 2 fully saturated rings. The van der Waals surface area contributed by atoms with Crippen LogP contribution in [-0.4, -0.2) is 32.0 Å². The van der Waals surface area contributed by atoms with E-state index in [0.29, 0.717) is 18.0 Å². The lowest BCUT2D eigenvalue weighted by atomic mass is 9.86. The van der Waals surface area contributed by atoms with Crippen molar-refractivity contribution in [2.45, 2.75) is 101 Å². The van der Waals surface area contributed by atoms with Crippen molar-refractivity contribution >= 4 is 17.7 Å². The number of aromatic nitrogens is 3. The van der Waals surface area contributed by atoms with Gasteiger partial charge in [0.15, 0.2) is 5.16 Å². The summed E-state index contributed by atoms with van der Waals surface area (Å²) < 4.78 is 2.27. The lowest BCUT2D eigenvalue weighted by Crippen LogP contribution is -2.44. The second-order valence-electron chi connectivity index (χ2n) is 7.83. The SMILES string of the molecule is Cc1nnc(SC(C)C(=O)NC2CCCCC2C)n1C1CCCCC1. The molecule has 25 heavy (non-hydrogen) atoms. The van der Waals surface area contributed by atoms with Gasteiger partial charge in [-0.3, -0.25) is 4.79 Å². The number of aryl methyl sites for hydroxylation is 1. The van der Waals surface area contributed by atoms with E-state index in [0.717, 1.165) is 17.4 Å². The molecule has 0 bridgehead atoms. The molecule has 140 valence electrons. The highest BCUT2D eigenvalue weighted by molar-refractivity contribution is 8.00. The van der Waals surface area contributed by atoms with Crippen molar-refractivity contribution in [3.63, 3.8) is 0 Å². The van der Waals surface area contributed by atoms with Crippen LogP contribution in [0.15, 0.2) is 5.16 Å². The van der Waals surface area contributed by atoms with Crippen LogP contribution in [0.5, 0.6) is 0 Å². The van der Waals surface area contributed by atoms with E-state index in [1.807, 2.05) is 13.8 Å². The van der Waals surface area contributed by atoms with Crippen LogP contribution in [0.3, 0.4) is 0 Å². The Balaban J connectivity index is 1.62. The molecule has 1 heterocycles. The van der Waals surface area contributed by atoms with E-state index in [4.69, 9.17) is 0 Å². The lowest BCUT2D eigenvalue weighted by Gasteiger charge is -2.30. The number of thioether (sulfide) groups is 1. The van der Waals surface area contributed by atoms with Crippen molar-refractivity contribution < 1.29 is 4.79 Å². The number of amides is 1. The van der Waals surface area contributed by atoms with Crippen LogP contribution in [-0.2, 0) is 4.79 Å². The Bertz CT molecular complexity index is 582. The molecule has 6 heteroatoms. The summed E-state index contributed by atoms with van der Waals surface area (Å²) in [6.45, 7) is 6.27. The Morgan fingerprint density at radius 1 is 1.12 bits per heavy atom. The predicted molar refractivity (Wildman–Crippen MR) is 102 cm³/mol. The van der Waals surface area contributed by atoms with Crippen LogP contribution in [0, 0.1) is 12.8 Å². The smallest absolute Gasteiger partial charge is 0.233 e. The number of hydrogen-bond acceptors (Lipinski definition) is 4. The largest absolute Gasteiger partial charge is 0.352 e. The maximum absolute atomic E-state index is 12.7. The number of carbonyl (C=O) groups excluding carboxylic acids is 1. The summed E-state index contributed by atoms with van der Waals surface area (Å²) in [6, 6.07) is 0.835. The third-order valence-corrected chi connectivity index (χ3v) is 6.92. The standard InChI is InChI=1S/C19H32N4OS/c1-13-9-7-8-12-17(13)20-18(24)14(2)25-19-22-21-15(3)23(19)16-10-5-4-6-11-16/h13-14,16-17H,4-12H2,1-3H3,(H,20,24). The van der Waals surface area contributed by atoms with Crippen molar-refractivity contribution in [2.75, 3.05) is 0 Å². The highest BCUT2D eigenvalue weighted by Gasteiger charge is 2.27. The summed E-state index contributed by atoms with van der Waals surface area (Å²) in [5, 5.41) is 12.7. The number of nitrogens with one attached hydrogen (secondary N) is 1. The van der Waals surface area contributed by atoms with Gasteiger partial charge in [0.05, 0.1) is 5.25 Å². The van der Waals surface area contributed by atoms with E-state index >= 15 is 0 Å². The molecule has 3 rings (SSSR count). The van der Waals surface area contributed by atoms with Gasteiger partial charge >= 0.3 is 0 Å². The number of hydrogen-bond donors (Lipinski definition) is 1. The van der Waals surface area contributed by atoms with Gasteiger partial charge in [0.1, 0.15) is 5.82 Å². The first kappa shape index (κ1) is 18.7. The van der Waals surface area contributed by atoms with E-state index in [1.165, 1.54) is 51.4 Å². The van der Waals surface area contributed by atoms with Crippen LogP contribution in [0.4, 0.5) is 0 Å². The zero-order valence-corrected chi connectivity index (χ0v) is 16.6. The van der Waals surface area contributed by atoms with Crippen LogP contribution in [0.1, 0.15) is 83.5 Å². The fraction of sp³-hybridized carbons (Fsp3) is 0.842. The van der Waals surface area contributed by atoms with Crippen molar-refractivity contribution in [1.29, 1.82) is 0 Å². The van der Waals surface area contributed by atoms with Gasteiger partial charge in [0.25, 0.3) is 0 Å². The minimum atomic E-state index is -0.139. The predicted octanol–water partition coefficient (Wildman–Crippen LogP) is 4.27. The fourth-order valence-corrected chi connectivity index (χ4v) is 5.21. The zero-order valence-electron chi connectivity index (χ0n) is 15.8. The molecule has 0 saturated heterocycles. The van der Waals surface area contributed by atoms with Gasteiger partial charge < -0.3 is 9.88 Å². The van der Waals surface area contributed by atoms with Crippen LogP contribution in [0.2, 0.25) is 0 Å². The molecule has 0 spiro atoms. The quantitative estimate of drug-likeness (QED) is 0.793. The van der Waals surface area contributed by atoms with Crippen LogP contribution in [0.25, 0.3) is 0 Å². The molecule has 5 nitrogen and oxygen atoms in total. The van der Waals surface area contributed by atoms with E-state index < -0.39 is 0 Å². The number of rotatable bonds is 5. The van der Waals surface area contributed by atoms with Crippen LogP contribution < -0.4 is 5.32 Å². The van der Waals surface area contributed by atoms with Crippen LogP contribution >= 0.6 is 11.8 Å². The molecule has 0 aliphatic heterocycles. The highest BCUT2D eigenvalue weighted by Crippen LogP contribution is 2.33. The third-order valence-electron chi connectivity index (χ3n) is 5.87. The molecule has 3 unspecified atom stereocenters. The second kappa shape index (κ2) is 8.56. The zero-order chi connectivity index (χ0) is 17.8.